The average Bonchev–Trinajstić information content (AvgIpc) is 2.89. The minimum Gasteiger partial charge on any atom is -0.395 e. The summed E-state index contributed by atoms with van der Waals surface area (Å²) in [5.74, 6) is 1.70. The van der Waals surface area contributed by atoms with Gasteiger partial charge in [-0.15, -0.1) is 0 Å². The van der Waals surface area contributed by atoms with E-state index in [9.17, 15) is 5.11 Å². The van der Waals surface area contributed by atoms with Crippen LogP contribution in [0.2, 0.25) is 0 Å². The van der Waals surface area contributed by atoms with Crippen molar-refractivity contribution in [1.29, 1.82) is 0 Å². The second-order valence-electron chi connectivity index (χ2n) is 8.15. The summed E-state index contributed by atoms with van der Waals surface area (Å²) >= 11 is 0. The molecule has 3 rings (SSSR count). The Bertz CT molecular complexity index is 1010. The Morgan fingerprint density at radius 3 is 2.21 bits per heavy atom. The van der Waals surface area contributed by atoms with Gasteiger partial charge in [-0.3, -0.25) is 4.57 Å². The normalized spacial score (nSPS) is 11.4. The first-order valence-corrected chi connectivity index (χ1v) is 10.6. The predicted molar refractivity (Wildman–Crippen MR) is 121 cm³/mol. The summed E-state index contributed by atoms with van der Waals surface area (Å²) in [6.45, 7) is 16.5. The number of unbranched alkanes of at least 4 members (excludes halogenated alkanes) is 1. The van der Waals surface area contributed by atoms with E-state index in [4.69, 9.17) is 9.97 Å². The molecule has 156 valence electrons. The molecular formula is C24H34N4O. The minimum atomic E-state index is 0.114. The maximum atomic E-state index is 9.65. The van der Waals surface area contributed by atoms with E-state index in [1.807, 2.05) is 6.92 Å². The van der Waals surface area contributed by atoms with Crippen molar-refractivity contribution in [2.24, 2.45) is 0 Å². The Morgan fingerprint density at radius 1 is 0.966 bits per heavy atom. The lowest BCUT2D eigenvalue weighted by molar-refractivity contribution is 0.301. The average molecular weight is 395 g/mol. The standard InChI is InChI=1S/C24H34N4O/c1-8-9-10-27(11-12-29)23-21-18(5)19(6)28(24(21)26-20(7)25-23)22-16(3)13-15(2)14-17(22)4/h13-14,29H,8-12H2,1-7H3. The van der Waals surface area contributed by atoms with Gasteiger partial charge >= 0.3 is 0 Å². The van der Waals surface area contributed by atoms with Gasteiger partial charge in [-0.05, 0) is 64.7 Å². The van der Waals surface area contributed by atoms with Crippen LogP contribution in [-0.4, -0.2) is 39.3 Å². The molecule has 5 heteroatoms. The van der Waals surface area contributed by atoms with Crippen LogP contribution in [0.15, 0.2) is 12.1 Å². The maximum absolute atomic E-state index is 9.65. The number of anilines is 1. The minimum absolute atomic E-state index is 0.114. The van der Waals surface area contributed by atoms with E-state index >= 15 is 0 Å². The molecule has 0 atom stereocenters. The fourth-order valence-electron chi connectivity index (χ4n) is 4.37. The molecule has 0 spiro atoms. The summed E-state index contributed by atoms with van der Waals surface area (Å²) in [5.41, 5.74) is 8.32. The number of aromatic nitrogens is 3. The zero-order valence-electron chi connectivity index (χ0n) is 18.9. The lowest BCUT2D eigenvalue weighted by Gasteiger charge is -2.24. The number of rotatable bonds is 7. The highest BCUT2D eigenvalue weighted by Crippen LogP contribution is 2.35. The van der Waals surface area contributed by atoms with Gasteiger partial charge in [-0.1, -0.05) is 31.0 Å². The molecule has 3 aromatic rings. The topological polar surface area (TPSA) is 54.2 Å². The van der Waals surface area contributed by atoms with Crippen LogP contribution in [0.4, 0.5) is 5.82 Å². The lowest BCUT2D eigenvalue weighted by atomic mass is 10.0. The van der Waals surface area contributed by atoms with E-state index in [0.717, 1.165) is 42.1 Å². The molecule has 1 N–H and O–H groups in total. The summed E-state index contributed by atoms with van der Waals surface area (Å²) in [6, 6.07) is 4.47. The molecule has 0 aliphatic heterocycles. The van der Waals surface area contributed by atoms with Crippen molar-refractivity contribution < 1.29 is 5.11 Å². The molecule has 0 bridgehead atoms. The van der Waals surface area contributed by atoms with E-state index in [1.165, 1.54) is 33.6 Å². The molecule has 1 aromatic carbocycles. The first-order valence-electron chi connectivity index (χ1n) is 10.6. The second-order valence-corrected chi connectivity index (χ2v) is 8.15. The highest BCUT2D eigenvalue weighted by atomic mass is 16.3. The number of aliphatic hydroxyl groups excluding tert-OH is 1. The van der Waals surface area contributed by atoms with E-state index in [1.54, 1.807) is 0 Å². The van der Waals surface area contributed by atoms with Crippen LogP contribution in [0.5, 0.6) is 0 Å². The van der Waals surface area contributed by atoms with Gasteiger partial charge in [-0.25, -0.2) is 9.97 Å². The Balaban J connectivity index is 2.34. The molecular weight excluding hydrogens is 360 g/mol. The molecule has 0 radical (unpaired) electrons. The van der Waals surface area contributed by atoms with Crippen LogP contribution in [0.3, 0.4) is 0 Å². The predicted octanol–water partition coefficient (Wildman–Crippen LogP) is 4.87. The number of hydrogen-bond acceptors (Lipinski definition) is 4. The lowest BCUT2D eigenvalue weighted by Crippen LogP contribution is -2.29. The number of benzene rings is 1. The van der Waals surface area contributed by atoms with E-state index in [-0.39, 0.29) is 6.61 Å². The SMILES string of the molecule is CCCCN(CCO)c1nc(C)nc2c1c(C)c(C)n2-c1c(C)cc(C)cc1C. The van der Waals surface area contributed by atoms with E-state index in [0.29, 0.717) is 6.54 Å². The van der Waals surface area contributed by atoms with Crippen molar-refractivity contribution in [2.45, 2.75) is 61.3 Å². The molecule has 0 aliphatic carbocycles. The second kappa shape index (κ2) is 8.54. The molecule has 2 heterocycles. The third kappa shape index (κ3) is 3.88. The van der Waals surface area contributed by atoms with Gasteiger partial charge in [0, 0.05) is 18.8 Å². The summed E-state index contributed by atoms with van der Waals surface area (Å²) in [7, 11) is 0. The van der Waals surface area contributed by atoms with Gasteiger partial charge in [0.1, 0.15) is 11.6 Å². The van der Waals surface area contributed by atoms with Crippen molar-refractivity contribution in [3.8, 4) is 5.69 Å². The van der Waals surface area contributed by atoms with Crippen LogP contribution >= 0.6 is 0 Å². The van der Waals surface area contributed by atoms with E-state index < -0.39 is 0 Å². The summed E-state index contributed by atoms with van der Waals surface area (Å²) < 4.78 is 2.30. The highest BCUT2D eigenvalue weighted by molar-refractivity contribution is 5.94. The number of fused-ring (bicyclic) bond motifs is 1. The summed E-state index contributed by atoms with van der Waals surface area (Å²) in [4.78, 5) is 11.9. The quantitative estimate of drug-likeness (QED) is 0.621. The molecule has 0 amide bonds. The van der Waals surface area contributed by atoms with Crippen molar-refractivity contribution in [3.05, 3.63) is 45.9 Å². The van der Waals surface area contributed by atoms with Gasteiger partial charge < -0.3 is 10.0 Å². The van der Waals surface area contributed by atoms with Crippen molar-refractivity contribution in [3.63, 3.8) is 0 Å². The van der Waals surface area contributed by atoms with Crippen LogP contribution in [0.1, 0.15) is 53.5 Å². The van der Waals surface area contributed by atoms with E-state index in [2.05, 4.69) is 63.1 Å². The van der Waals surface area contributed by atoms with Gasteiger partial charge in [0.2, 0.25) is 0 Å². The molecule has 0 saturated carbocycles. The molecule has 29 heavy (non-hydrogen) atoms. The maximum Gasteiger partial charge on any atom is 0.150 e. The van der Waals surface area contributed by atoms with Gasteiger partial charge in [0.15, 0.2) is 5.65 Å². The van der Waals surface area contributed by atoms with Crippen molar-refractivity contribution in [2.75, 3.05) is 24.6 Å². The van der Waals surface area contributed by atoms with Gasteiger partial charge in [0.05, 0.1) is 17.7 Å². The summed E-state index contributed by atoms with van der Waals surface area (Å²) in [5, 5.41) is 10.7. The molecule has 0 aliphatic rings. The van der Waals surface area contributed by atoms with Crippen molar-refractivity contribution >= 4 is 16.9 Å². The van der Waals surface area contributed by atoms with Crippen LogP contribution < -0.4 is 4.90 Å². The fourth-order valence-corrected chi connectivity index (χ4v) is 4.37. The number of nitrogens with zero attached hydrogens (tertiary/aromatic N) is 4. The Morgan fingerprint density at radius 2 is 1.62 bits per heavy atom. The first kappa shape index (κ1) is 21.3. The van der Waals surface area contributed by atoms with Gasteiger partial charge in [0.25, 0.3) is 0 Å². The largest absolute Gasteiger partial charge is 0.395 e. The first-order chi connectivity index (χ1) is 13.8. The smallest absolute Gasteiger partial charge is 0.150 e. The summed E-state index contributed by atoms with van der Waals surface area (Å²) in [6.07, 6.45) is 2.18. The number of aliphatic hydroxyl groups is 1. The zero-order chi connectivity index (χ0) is 21.3. The molecule has 0 unspecified atom stereocenters. The molecule has 0 fully saturated rings. The van der Waals surface area contributed by atoms with Crippen LogP contribution in [0.25, 0.3) is 16.7 Å². The molecule has 5 nitrogen and oxygen atoms in total. The fraction of sp³-hybridized carbons (Fsp3) is 0.500. The van der Waals surface area contributed by atoms with Crippen LogP contribution in [0, 0.1) is 41.5 Å². The van der Waals surface area contributed by atoms with Gasteiger partial charge in [-0.2, -0.15) is 0 Å². The highest BCUT2D eigenvalue weighted by Gasteiger charge is 2.23. The van der Waals surface area contributed by atoms with Crippen LogP contribution in [-0.2, 0) is 0 Å². The third-order valence-electron chi connectivity index (χ3n) is 5.76. The third-order valence-corrected chi connectivity index (χ3v) is 5.76. The number of aryl methyl sites for hydroxylation is 5. The molecule has 2 aromatic heterocycles. The Kier molecular flexibility index (Phi) is 6.27. The number of hydrogen-bond donors (Lipinski definition) is 1. The molecule has 0 saturated heterocycles. The Hall–Kier alpha value is -2.40. The van der Waals surface area contributed by atoms with Crippen molar-refractivity contribution in [1.82, 2.24) is 14.5 Å². The Labute approximate surface area is 174 Å². The monoisotopic (exact) mass is 394 g/mol. The zero-order valence-corrected chi connectivity index (χ0v) is 18.9.